The molecular formula is C25H25N3O4S. The summed E-state index contributed by atoms with van der Waals surface area (Å²) in [6.07, 6.45) is 1.74. The number of ether oxygens (including phenoxy) is 1. The first-order chi connectivity index (χ1) is 15.7. The molecule has 0 radical (unpaired) electrons. The zero-order valence-electron chi connectivity index (χ0n) is 19.1. The smallest absolute Gasteiger partial charge is 0.271 e. The number of carbonyl (C=O) groups is 1. The molecule has 0 aliphatic carbocycles. The van der Waals surface area contributed by atoms with Crippen LogP contribution in [0.4, 0.5) is 5.69 Å². The van der Waals surface area contributed by atoms with Gasteiger partial charge in [0.05, 0.1) is 17.7 Å². The number of Topliss-reactive ketones (excluding diaryl/α,β-unsaturated/α-hetero) is 1. The molecule has 1 atom stereocenters. The van der Waals surface area contributed by atoms with Crippen LogP contribution in [0.3, 0.4) is 0 Å². The number of ketones is 1. The summed E-state index contributed by atoms with van der Waals surface area (Å²) in [6.45, 7) is 3.31. The lowest BCUT2D eigenvalue weighted by Crippen LogP contribution is -2.39. The summed E-state index contributed by atoms with van der Waals surface area (Å²) >= 11 is 1.27. The van der Waals surface area contributed by atoms with Gasteiger partial charge in [0, 0.05) is 31.1 Å². The van der Waals surface area contributed by atoms with E-state index in [0.717, 1.165) is 11.3 Å². The molecule has 1 aliphatic rings. The van der Waals surface area contributed by atoms with Gasteiger partial charge in [-0.3, -0.25) is 14.2 Å². The van der Waals surface area contributed by atoms with Crippen LogP contribution < -0.4 is 24.5 Å². The van der Waals surface area contributed by atoms with Gasteiger partial charge in [-0.25, -0.2) is 4.99 Å². The molecule has 0 bridgehead atoms. The first-order valence-corrected chi connectivity index (χ1v) is 11.2. The molecule has 0 fully saturated rings. The summed E-state index contributed by atoms with van der Waals surface area (Å²) < 4.78 is 7.25. The third kappa shape index (κ3) is 4.09. The van der Waals surface area contributed by atoms with Gasteiger partial charge in [0.1, 0.15) is 0 Å². The number of fused-ring (bicyclic) bond motifs is 1. The van der Waals surface area contributed by atoms with Crippen molar-refractivity contribution in [3.63, 3.8) is 0 Å². The number of allylic oxidation sites excluding steroid dienone is 2. The van der Waals surface area contributed by atoms with Crippen LogP contribution in [0.25, 0.3) is 6.08 Å². The minimum atomic E-state index is -0.550. The molecular weight excluding hydrogens is 438 g/mol. The zero-order chi connectivity index (χ0) is 23.9. The van der Waals surface area contributed by atoms with Crippen molar-refractivity contribution in [3.8, 4) is 11.5 Å². The van der Waals surface area contributed by atoms with Crippen molar-refractivity contribution in [2.24, 2.45) is 4.99 Å². The number of aromatic nitrogens is 1. The fourth-order valence-electron chi connectivity index (χ4n) is 3.98. The van der Waals surface area contributed by atoms with E-state index in [0.29, 0.717) is 31.9 Å². The Morgan fingerprint density at radius 2 is 1.91 bits per heavy atom. The maximum atomic E-state index is 13.5. The molecule has 1 aromatic heterocycles. The van der Waals surface area contributed by atoms with Crippen molar-refractivity contribution in [3.05, 3.63) is 84.5 Å². The lowest BCUT2D eigenvalue weighted by Gasteiger charge is -2.25. The summed E-state index contributed by atoms with van der Waals surface area (Å²) in [6, 6.07) is 12.2. The molecule has 0 saturated heterocycles. The van der Waals surface area contributed by atoms with E-state index in [4.69, 9.17) is 4.74 Å². The SMILES string of the molecule is COc1cc(/C=c2/sc3n(c2=O)[C@H](c2ccc(N(C)C)cc2)C(C(C)=O)=C(C)N=3)ccc1O. The van der Waals surface area contributed by atoms with Gasteiger partial charge in [0.25, 0.3) is 5.56 Å². The first-order valence-electron chi connectivity index (χ1n) is 10.4. The van der Waals surface area contributed by atoms with Crippen molar-refractivity contribution in [1.82, 2.24) is 4.57 Å². The normalized spacial score (nSPS) is 15.8. The number of methoxy groups -OCH3 is 1. The summed E-state index contributed by atoms with van der Waals surface area (Å²) in [4.78, 5) is 33.3. The molecule has 2 heterocycles. The Morgan fingerprint density at radius 3 is 2.52 bits per heavy atom. The summed E-state index contributed by atoms with van der Waals surface area (Å²) in [7, 11) is 5.39. The van der Waals surface area contributed by atoms with E-state index in [-0.39, 0.29) is 17.1 Å². The molecule has 4 rings (SSSR count). The van der Waals surface area contributed by atoms with Crippen LogP contribution in [0.1, 0.15) is 31.0 Å². The number of phenolic OH excluding ortho intramolecular Hbond substituents is 1. The Kier molecular flexibility index (Phi) is 5.95. The van der Waals surface area contributed by atoms with Crippen LogP contribution >= 0.6 is 11.3 Å². The Labute approximate surface area is 195 Å². The van der Waals surface area contributed by atoms with Crippen molar-refractivity contribution < 1.29 is 14.6 Å². The predicted octanol–water partition coefficient (Wildman–Crippen LogP) is 2.60. The fraction of sp³-hybridized carbons (Fsp3) is 0.240. The Bertz CT molecular complexity index is 1450. The van der Waals surface area contributed by atoms with Crippen LogP contribution in [0.5, 0.6) is 11.5 Å². The van der Waals surface area contributed by atoms with Gasteiger partial charge in [0.2, 0.25) is 0 Å². The van der Waals surface area contributed by atoms with E-state index in [9.17, 15) is 14.7 Å². The minimum Gasteiger partial charge on any atom is -0.504 e. The number of anilines is 1. The third-order valence-electron chi connectivity index (χ3n) is 5.63. The highest BCUT2D eigenvalue weighted by atomic mass is 32.1. The van der Waals surface area contributed by atoms with Gasteiger partial charge in [-0.1, -0.05) is 29.5 Å². The van der Waals surface area contributed by atoms with Gasteiger partial charge < -0.3 is 14.7 Å². The average Bonchev–Trinajstić information content (AvgIpc) is 3.08. The molecule has 0 saturated carbocycles. The number of hydrogen-bond acceptors (Lipinski definition) is 7. The maximum Gasteiger partial charge on any atom is 0.271 e. The predicted molar refractivity (Wildman–Crippen MR) is 130 cm³/mol. The average molecular weight is 464 g/mol. The molecule has 3 aromatic rings. The van der Waals surface area contributed by atoms with Gasteiger partial charge in [-0.05, 0) is 55.3 Å². The maximum absolute atomic E-state index is 13.5. The number of rotatable bonds is 5. The number of aromatic hydroxyl groups is 1. The second kappa shape index (κ2) is 8.71. The Morgan fingerprint density at radius 1 is 1.21 bits per heavy atom. The molecule has 2 aromatic carbocycles. The van der Waals surface area contributed by atoms with E-state index < -0.39 is 6.04 Å². The molecule has 0 unspecified atom stereocenters. The van der Waals surface area contributed by atoms with E-state index >= 15 is 0 Å². The van der Waals surface area contributed by atoms with Crippen molar-refractivity contribution in [2.75, 3.05) is 26.1 Å². The number of nitrogens with zero attached hydrogens (tertiary/aromatic N) is 3. The number of hydrogen-bond donors (Lipinski definition) is 1. The standard InChI is InChI=1S/C25H25N3O4S/c1-14-22(15(2)29)23(17-7-9-18(10-8-17)27(3)4)28-24(31)21(33-25(28)26-14)13-16-6-11-19(30)20(12-16)32-5/h6-13,23,30H,1-5H3/b21-13+/t23-/m1/s1. The van der Waals surface area contributed by atoms with Crippen molar-refractivity contribution >= 4 is 28.9 Å². The summed E-state index contributed by atoms with van der Waals surface area (Å²) in [5, 5.41) is 9.86. The molecule has 8 heteroatoms. The van der Waals surface area contributed by atoms with E-state index in [1.807, 2.05) is 43.3 Å². The monoisotopic (exact) mass is 463 g/mol. The van der Waals surface area contributed by atoms with Gasteiger partial charge >= 0.3 is 0 Å². The number of benzene rings is 2. The lowest BCUT2D eigenvalue weighted by atomic mass is 9.93. The molecule has 0 spiro atoms. The Balaban J connectivity index is 1.92. The summed E-state index contributed by atoms with van der Waals surface area (Å²) in [5.74, 6) is 0.236. The zero-order valence-corrected chi connectivity index (χ0v) is 19.9. The number of carbonyl (C=O) groups excluding carboxylic acids is 1. The van der Waals surface area contributed by atoms with Crippen molar-refractivity contribution in [1.29, 1.82) is 0 Å². The molecule has 170 valence electrons. The highest BCUT2D eigenvalue weighted by Crippen LogP contribution is 2.31. The van der Waals surface area contributed by atoms with Crippen molar-refractivity contribution in [2.45, 2.75) is 19.9 Å². The Hall–Kier alpha value is -3.65. The molecule has 33 heavy (non-hydrogen) atoms. The van der Waals surface area contributed by atoms with E-state index in [1.165, 1.54) is 31.4 Å². The van der Waals surface area contributed by atoms with E-state index in [1.54, 1.807) is 29.7 Å². The van der Waals surface area contributed by atoms with Gasteiger partial charge in [-0.15, -0.1) is 0 Å². The highest BCUT2D eigenvalue weighted by Gasteiger charge is 2.30. The van der Waals surface area contributed by atoms with Crippen LogP contribution in [0.15, 0.2) is 63.5 Å². The number of phenols is 1. The van der Waals surface area contributed by atoms with Crippen LogP contribution in [0.2, 0.25) is 0 Å². The second-order valence-corrected chi connectivity index (χ2v) is 9.06. The molecule has 7 nitrogen and oxygen atoms in total. The van der Waals surface area contributed by atoms with Gasteiger partial charge in [0.15, 0.2) is 22.1 Å². The molecule has 1 N–H and O–H groups in total. The fourth-order valence-corrected chi connectivity index (χ4v) is 5.02. The van der Waals surface area contributed by atoms with Gasteiger partial charge in [-0.2, -0.15) is 0 Å². The minimum absolute atomic E-state index is 0.0269. The van der Waals surface area contributed by atoms with Crippen LogP contribution in [0, 0.1) is 0 Å². The molecule has 0 amide bonds. The third-order valence-corrected chi connectivity index (χ3v) is 6.61. The summed E-state index contributed by atoms with van der Waals surface area (Å²) in [5.41, 5.74) is 3.49. The van der Waals surface area contributed by atoms with E-state index in [2.05, 4.69) is 4.99 Å². The first kappa shape index (κ1) is 22.5. The topological polar surface area (TPSA) is 84.1 Å². The van der Waals surface area contributed by atoms with Crippen LogP contribution in [-0.4, -0.2) is 36.7 Å². The second-order valence-electron chi connectivity index (χ2n) is 8.06. The molecule has 1 aliphatic heterocycles. The number of thiazole rings is 1. The quantitative estimate of drug-likeness (QED) is 0.629. The highest BCUT2D eigenvalue weighted by molar-refractivity contribution is 7.07. The van der Waals surface area contributed by atoms with Crippen LogP contribution in [-0.2, 0) is 4.79 Å². The lowest BCUT2D eigenvalue weighted by molar-refractivity contribution is -0.114. The largest absolute Gasteiger partial charge is 0.504 e.